The second-order valence-electron chi connectivity index (χ2n) is 6.08. The zero-order chi connectivity index (χ0) is 28.5. The Kier molecular flexibility index (Phi) is 7.18. The molecule has 24 heteroatoms. The fraction of sp³-hybridized carbons (Fsp3) is 1.00. The molecule has 210 valence electrons. The molecule has 1 atom stereocenters. The van der Waals surface area contributed by atoms with E-state index in [-0.39, 0.29) is 0 Å². The molecule has 35 heavy (non-hydrogen) atoms. The van der Waals surface area contributed by atoms with Gasteiger partial charge in [0.1, 0.15) is 0 Å². The first-order chi connectivity index (χ1) is 14.8. The van der Waals surface area contributed by atoms with E-state index < -0.39 is 67.8 Å². The number of hydrogen-bond acceptors (Lipinski definition) is 5. The molecule has 0 aromatic carbocycles. The molecule has 1 unspecified atom stereocenters. The van der Waals surface area contributed by atoms with Crippen LogP contribution in [0.25, 0.3) is 0 Å². The van der Waals surface area contributed by atoms with Crippen molar-refractivity contribution < 1.29 is 107 Å². The Morgan fingerprint density at radius 3 is 0.600 bits per heavy atom. The lowest BCUT2D eigenvalue weighted by Gasteiger charge is -2.37. The first kappa shape index (κ1) is 31.5. The molecular weight excluding hydrogens is 573 g/mol. The summed E-state index contributed by atoms with van der Waals surface area (Å²) in [5, 5.41) is 0. The van der Waals surface area contributed by atoms with Gasteiger partial charge in [-0.15, -0.1) is 0 Å². The number of hydrogen-bond donors (Lipinski definition) is 0. The molecule has 0 aromatic heterocycles. The van der Waals surface area contributed by atoms with Crippen LogP contribution in [-0.4, -0.2) is 60.8 Å². The standard InChI is InChI=1S/C11H3F19O5/c1-2(12)3(13,14)32-6(19,20)7(21,22)34-10(27,28)11(29,30)35-9(25,26)8(23,24)33-5(17,18)4(15,16)31-2/h1H3. The molecule has 0 amide bonds. The molecular formula is C11H3F19O5. The van der Waals surface area contributed by atoms with Crippen molar-refractivity contribution in [3.8, 4) is 0 Å². The molecule has 1 rings (SSSR count). The molecule has 1 saturated heterocycles. The highest BCUT2D eigenvalue weighted by Crippen LogP contribution is 2.54. The summed E-state index contributed by atoms with van der Waals surface area (Å²) in [5.41, 5.74) is 0. The maximum atomic E-state index is 13.7. The van der Waals surface area contributed by atoms with E-state index in [2.05, 4.69) is 0 Å². The van der Waals surface area contributed by atoms with Crippen LogP contribution in [0.3, 0.4) is 0 Å². The van der Waals surface area contributed by atoms with Gasteiger partial charge in [0.15, 0.2) is 0 Å². The third kappa shape index (κ3) is 5.58. The normalized spacial score (nSPS) is 35.3. The topological polar surface area (TPSA) is 46.2 Å². The molecule has 1 aliphatic heterocycles. The van der Waals surface area contributed by atoms with Crippen LogP contribution in [0.4, 0.5) is 83.4 Å². The first-order valence-corrected chi connectivity index (χ1v) is 7.38. The summed E-state index contributed by atoms with van der Waals surface area (Å²) in [5.74, 6) is -6.29. The first-order valence-electron chi connectivity index (χ1n) is 7.38. The van der Waals surface area contributed by atoms with E-state index in [0.29, 0.717) is 0 Å². The Bertz CT molecular complexity index is 581. The lowest BCUT2D eigenvalue weighted by Crippen LogP contribution is -2.60. The molecule has 0 radical (unpaired) electrons. The van der Waals surface area contributed by atoms with Gasteiger partial charge in [0.2, 0.25) is 0 Å². The summed E-state index contributed by atoms with van der Waals surface area (Å²) >= 11 is 0. The smallest absolute Gasteiger partial charge is 0.268 e. The quantitative estimate of drug-likeness (QED) is 0.327. The highest BCUT2D eigenvalue weighted by atomic mass is 19.4. The van der Waals surface area contributed by atoms with Crippen molar-refractivity contribution in [2.45, 2.75) is 67.8 Å². The van der Waals surface area contributed by atoms with Gasteiger partial charge in [0.05, 0.1) is 0 Å². The SMILES string of the molecule is CC1(F)OC(F)(F)C(F)(F)OC(F)(F)C(F)(F)OC(F)(F)C(F)(F)OC(F)(F)C(F)(F)OC1(F)F. The van der Waals surface area contributed by atoms with E-state index in [0.717, 1.165) is 0 Å². The van der Waals surface area contributed by atoms with Crippen LogP contribution < -0.4 is 0 Å². The fourth-order valence-corrected chi connectivity index (χ4v) is 1.51. The third-order valence-electron chi connectivity index (χ3n) is 3.22. The highest BCUT2D eigenvalue weighted by molar-refractivity contribution is 4.85. The van der Waals surface area contributed by atoms with Crippen LogP contribution in [0.15, 0.2) is 0 Å². The molecule has 1 aliphatic rings. The summed E-state index contributed by atoms with van der Waals surface area (Å²) in [6, 6.07) is 0. The zero-order valence-electron chi connectivity index (χ0n) is 15.2. The van der Waals surface area contributed by atoms with Crippen molar-refractivity contribution in [3.05, 3.63) is 0 Å². The molecule has 5 nitrogen and oxygen atoms in total. The van der Waals surface area contributed by atoms with Crippen LogP contribution in [0.1, 0.15) is 6.92 Å². The summed E-state index contributed by atoms with van der Waals surface area (Å²) in [6.45, 7) is -1.32. The second kappa shape index (κ2) is 7.98. The fourth-order valence-electron chi connectivity index (χ4n) is 1.51. The Labute approximate surface area is 176 Å². The number of halogens is 19. The van der Waals surface area contributed by atoms with Gasteiger partial charge in [-0.1, -0.05) is 0 Å². The van der Waals surface area contributed by atoms with Crippen LogP contribution in [0.2, 0.25) is 0 Å². The number of ether oxygens (including phenoxy) is 5. The Balaban J connectivity index is 3.85. The van der Waals surface area contributed by atoms with E-state index in [9.17, 15) is 83.4 Å². The van der Waals surface area contributed by atoms with Crippen LogP contribution in [0, 0.1) is 0 Å². The Morgan fingerprint density at radius 2 is 0.400 bits per heavy atom. The molecule has 0 aliphatic carbocycles. The molecule has 1 heterocycles. The lowest BCUT2D eigenvalue weighted by molar-refractivity contribution is -0.579. The number of rotatable bonds is 0. The minimum Gasteiger partial charge on any atom is -0.268 e. The minimum absolute atomic E-state index is 1.32. The van der Waals surface area contributed by atoms with Crippen LogP contribution >= 0.6 is 0 Å². The van der Waals surface area contributed by atoms with Crippen molar-refractivity contribution in [2.24, 2.45) is 0 Å². The van der Waals surface area contributed by atoms with Crippen molar-refractivity contribution in [1.29, 1.82) is 0 Å². The maximum absolute atomic E-state index is 13.7. The summed E-state index contributed by atoms with van der Waals surface area (Å²) in [6.07, 6.45) is -68.0. The van der Waals surface area contributed by atoms with Crippen LogP contribution in [0.5, 0.6) is 0 Å². The van der Waals surface area contributed by atoms with Gasteiger partial charge in [0.25, 0.3) is 0 Å². The largest absolute Gasteiger partial charge is 0.453 e. The van der Waals surface area contributed by atoms with Gasteiger partial charge in [-0.3, -0.25) is 4.74 Å². The van der Waals surface area contributed by atoms with E-state index in [4.69, 9.17) is 0 Å². The van der Waals surface area contributed by atoms with Crippen molar-refractivity contribution in [3.63, 3.8) is 0 Å². The summed E-state index contributed by atoms with van der Waals surface area (Å²) in [7, 11) is 0. The Morgan fingerprint density at radius 1 is 0.257 bits per heavy atom. The molecule has 0 saturated carbocycles. The highest BCUT2D eigenvalue weighted by Gasteiger charge is 2.80. The van der Waals surface area contributed by atoms with E-state index in [1.165, 1.54) is 14.2 Å². The maximum Gasteiger partial charge on any atom is 0.453 e. The van der Waals surface area contributed by atoms with Crippen molar-refractivity contribution in [2.75, 3.05) is 0 Å². The zero-order valence-corrected chi connectivity index (χ0v) is 15.2. The van der Waals surface area contributed by atoms with Gasteiger partial charge in [-0.05, 0) is 0 Å². The average molecular weight is 576 g/mol. The predicted molar refractivity (Wildman–Crippen MR) is 59.5 cm³/mol. The van der Waals surface area contributed by atoms with E-state index >= 15 is 0 Å². The van der Waals surface area contributed by atoms with Gasteiger partial charge >= 0.3 is 60.8 Å². The number of alkyl halides is 19. The van der Waals surface area contributed by atoms with Gasteiger partial charge in [-0.25, -0.2) is 23.3 Å². The second-order valence-corrected chi connectivity index (χ2v) is 6.08. The molecule has 0 spiro atoms. The average Bonchev–Trinajstić information content (AvgIpc) is 2.47. The van der Waals surface area contributed by atoms with Crippen LogP contribution in [-0.2, 0) is 23.7 Å². The lowest BCUT2D eigenvalue weighted by atomic mass is 10.3. The molecule has 0 N–H and O–H groups in total. The van der Waals surface area contributed by atoms with E-state index in [1.807, 2.05) is 4.74 Å². The summed E-state index contributed by atoms with van der Waals surface area (Å²) in [4.78, 5) is 0. The van der Waals surface area contributed by atoms with Gasteiger partial charge in [-0.2, -0.15) is 79.0 Å². The monoisotopic (exact) mass is 576 g/mol. The third-order valence-corrected chi connectivity index (χ3v) is 3.22. The van der Waals surface area contributed by atoms with Gasteiger partial charge < -0.3 is 0 Å². The Hall–Kier alpha value is -1.53. The molecule has 0 aromatic rings. The predicted octanol–water partition coefficient (Wildman–Crippen LogP) is 6.10. The van der Waals surface area contributed by atoms with E-state index in [1.54, 1.807) is 4.74 Å². The summed E-state index contributed by atoms with van der Waals surface area (Å²) < 4.78 is 260. The molecule has 1 fully saturated rings. The van der Waals surface area contributed by atoms with Crippen molar-refractivity contribution in [1.82, 2.24) is 0 Å². The minimum atomic E-state index is -7.71. The van der Waals surface area contributed by atoms with Gasteiger partial charge in [0, 0.05) is 6.92 Å². The van der Waals surface area contributed by atoms with Crippen molar-refractivity contribution >= 4 is 0 Å². The molecule has 0 bridgehead atoms.